The Labute approximate surface area is 116 Å². The Hall–Kier alpha value is -0.770. The minimum Gasteiger partial charge on any atom is -0.497 e. The van der Waals surface area contributed by atoms with Gasteiger partial charge in [0.15, 0.2) is 0 Å². The van der Waals surface area contributed by atoms with E-state index in [0.717, 1.165) is 38.3 Å². The number of rotatable bonds is 4. The maximum atomic E-state index is 5.16. The number of ether oxygens (including phenoxy) is 1. The molecule has 1 aromatic rings. The van der Waals surface area contributed by atoms with Gasteiger partial charge in [-0.05, 0) is 31.0 Å². The molecule has 18 heavy (non-hydrogen) atoms. The maximum Gasteiger partial charge on any atom is 0.118 e. The summed E-state index contributed by atoms with van der Waals surface area (Å²) in [5, 5.41) is 3.42. The third-order valence-electron chi connectivity index (χ3n) is 3.49. The molecule has 0 unspecified atom stereocenters. The number of piperazine rings is 1. The van der Waals surface area contributed by atoms with Gasteiger partial charge in [-0.1, -0.05) is 12.1 Å². The minimum atomic E-state index is 0. The summed E-state index contributed by atoms with van der Waals surface area (Å²) in [4.78, 5) is 2.56. The molecule has 0 bridgehead atoms. The van der Waals surface area contributed by atoms with Gasteiger partial charge < -0.3 is 10.1 Å². The highest BCUT2D eigenvalue weighted by molar-refractivity contribution is 5.85. The fourth-order valence-electron chi connectivity index (χ4n) is 2.28. The summed E-state index contributed by atoms with van der Waals surface area (Å²) in [5.41, 5.74) is 1.39. The van der Waals surface area contributed by atoms with E-state index >= 15 is 0 Å². The summed E-state index contributed by atoms with van der Waals surface area (Å²) >= 11 is 0. The first kappa shape index (κ1) is 15.3. The molecule has 1 aliphatic heterocycles. The Morgan fingerprint density at radius 2 is 2.06 bits per heavy atom. The molecule has 0 aromatic heterocycles. The molecule has 0 aliphatic carbocycles. The Balaban J connectivity index is 0.00000162. The number of benzene rings is 1. The number of methoxy groups -OCH3 is 1. The van der Waals surface area contributed by atoms with Crippen molar-refractivity contribution in [1.82, 2.24) is 10.2 Å². The molecule has 4 heteroatoms. The smallest absolute Gasteiger partial charge is 0.118 e. The van der Waals surface area contributed by atoms with Crippen LogP contribution in [0.25, 0.3) is 0 Å². The average Bonchev–Trinajstić information content (AvgIpc) is 2.38. The molecule has 0 radical (unpaired) electrons. The van der Waals surface area contributed by atoms with E-state index in [4.69, 9.17) is 4.74 Å². The van der Waals surface area contributed by atoms with Gasteiger partial charge in [0.1, 0.15) is 5.75 Å². The monoisotopic (exact) mass is 270 g/mol. The summed E-state index contributed by atoms with van der Waals surface area (Å²) in [5.74, 6) is 0.935. The van der Waals surface area contributed by atoms with Gasteiger partial charge in [0, 0.05) is 32.2 Å². The zero-order valence-electron chi connectivity index (χ0n) is 11.2. The van der Waals surface area contributed by atoms with E-state index in [1.165, 1.54) is 5.56 Å². The van der Waals surface area contributed by atoms with E-state index in [1.54, 1.807) is 7.11 Å². The highest BCUT2D eigenvalue weighted by Crippen LogP contribution is 2.12. The third-order valence-corrected chi connectivity index (χ3v) is 3.49. The predicted octanol–water partition coefficient (Wildman–Crippen LogP) is 1.95. The van der Waals surface area contributed by atoms with Crippen molar-refractivity contribution < 1.29 is 4.74 Å². The quantitative estimate of drug-likeness (QED) is 0.905. The van der Waals surface area contributed by atoms with Gasteiger partial charge in [-0.3, -0.25) is 4.90 Å². The predicted molar refractivity (Wildman–Crippen MR) is 77.9 cm³/mol. The van der Waals surface area contributed by atoms with E-state index in [0.29, 0.717) is 6.04 Å². The van der Waals surface area contributed by atoms with Crippen LogP contribution in [-0.2, 0) is 6.42 Å². The lowest BCUT2D eigenvalue weighted by atomic mass is 10.1. The Kier molecular flexibility index (Phi) is 6.47. The summed E-state index contributed by atoms with van der Waals surface area (Å²) in [7, 11) is 1.71. The molecule has 1 atom stereocenters. The summed E-state index contributed by atoms with van der Waals surface area (Å²) in [6.07, 6.45) is 1.12. The second-order valence-electron chi connectivity index (χ2n) is 4.69. The molecular weight excluding hydrogens is 248 g/mol. The number of nitrogens with zero attached hydrogens (tertiary/aromatic N) is 1. The normalized spacial score (nSPS) is 20.2. The van der Waals surface area contributed by atoms with Crippen LogP contribution in [0.3, 0.4) is 0 Å². The van der Waals surface area contributed by atoms with Crippen molar-refractivity contribution in [1.29, 1.82) is 0 Å². The van der Waals surface area contributed by atoms with E-state index in [2.05, 4.69) is 29.3 Å². The molecular formula is C14H23ClN2O. The molecule has 1 N–H and O–H groups in total. The van der Waals surface area contributed by atoms with Crippen LogP contribution >= 0.6 is 12.4 Å². The van der Waals surface area contributed by atoms with Crippen molar-refractivity contribution in [3.8, 4) is 5.75 Å². The largest absolute Gasteiger partial charge is 0.497 e. The summed E-state index contributed by atoms with van der Waals surface area (Å²) < 4.78 is 5.16. The zero-order valence-corrected chi connectivity index (χ0v) is 12.0. The van der Waals surface area contributed by atoms with Gasteiger partial charge in [-0.25, -0.2) is 0 Å². The number of hydrogen-bond donors (Lipinski definition) is 1. The van der Waals surface area contributed by atoms with Crippen LogP contribution in [-0.4, -0.2) is 44.2 Å². The van der Waals surface area contributed by atoms with Crippen LogP contribution < -0.4 is 10.1 Å². The third kappa shape index (κ3) is 4.16. The lowest BCUT2D eigenvalue weighted by Gasteiger charge is -2.33. The van der Waals surface area contributed by atoms with E-state index in [1.807, 2.05) is 12.1 Å². The molecule has 3 nitrogen and oxygen atoms in total. The SMILES string of the molecule is COc1ccc(CCN2CCNC[C@@H]2C)cc1.Cl. The first-order chi connectivity index (χ1) is 8.29. The molecule has 102 valence electrons. The van der Waals surface area contributed by atoms with Crippen molar-refractivity contribution in [2.75, 3.05) is 33.3 Å². The minimum absolute atomic E-state index is 0. The number of hydrogen-bond acceptors (Lipinski definition) is 3. The van der Waals surface area contributed by atoms with E-state index in [9.17, 15) is 0 Å². The van der Waals surface area contributed by atoms with Crippen LogP contribution in [0, 0.1) is 0 Å². The maximum absolute atomic E-state index is 5.16. The molecule has 1 aromatic carbocycles. The number of nitrogens with one attached hydrogen (secondary N) is 1. The van der Waals surface area contributed by atoms with Crippen molar-refractivity contribution in [3.05, 3.63) is 29.8 Å². The van der Waals surface area contributed by atoms with Gasteiger partial charge in [-0.15, -0.1) is 12.4 Å². The first-order valence-electron chi connectivity index (χ1n) is 6.37. The Bertz CT molecular complexity index is 342. The summed E-state index contributed by atoms with van der Waals surface area (Å²) in [6.45, 7) is 6.84. The van der Waals surface area contributed by atoms with Gasteiger partial charge in [-0.2, -0.15) is 0 Å². The highest BCUT2D eigenvalue weighted by atomic mass is 35.5. The molecule has 1 aliphatic rings. The van der Waals surface area contributed by atoms with Gasteiger partial charge in [0.05, 0.1) is 7.11 Å². The topological polar surface area (TPSA) is 24.5 Å². The van der Waals surface area contributed by atoms with Crippen molar-refractivity contribution in [2.24, 2.45) is 0 Å². The van der Waals surface area contributed by atoms with E-state index in [-0.39, 0.29) is 12.4 Å². The fourth-order valence-corrected chi connectivity index (χ4v) is 2.28. The van der Waals surface area contributed by atoms with Gasteiger partial charge in [0.2, 0.25) is 0 Å². The Morgan fingerprint density at radius 1 is 1.33 bits per heavy atom. The summed E-state index contributed by atoms with van der Waals surface area (Å²) in [6, 6.07) is 9.05. The Morgan fingerprint density at radius 3 is 2.67 bits per heavy atom. The molecule has 1 saturated heterocycles. The van der Waals surface area contributed by atoms with Crippen LogP contribution in [0.15, 0.2) is 24.3 Å². The van der Waals surface area contributed by atoms with Crippen molar-refractivity contribution in [3.63, 3.8) is 0 Å². The van der Waals surface area contributed by atoms with Crippen molar-refractivity contribution >= 4 is 12.4 Å². The lowest BCUT2D eigenvalue weighted by Crippen LogP contribution is -2.50. The second-order valence-corrected chi connectivity index (χ2v) is 4.69. The van der Waals surface area contributed by atoms with Gasteiger partial charge in [0.25, 0.3) is 0 Å². The lowest BCUT2D eigenvalue weighted by molar-refractivity contribution is 0.176. The second kappa shape index (κ2) is 7.62. The van der Waals surface area contributed by atoms with Gasteiger partial charge >= 0.3 is 0 Å². The molecule has 1 heterocycles. The molecule has 0 spiro atoms. The molecule has 0 amide bonds. The highest BCUT2D eigenvalue weighted by Gasteiger charge is 2.16. The fraction of sp³-hybridized carbons (Fsp3) is 0.571. The van der Waals surface area contributed by atoms with Crippen molar-refractivity contribution in [2.45, 2.75) is 19.4 Å². The zero-order chi connectivity index (χ0) is 12.1. The number of halogens is 1. The van der Waals surface area contributed by atoms with Crippen LogP contribution in [0.2, 0.25) is 0 Å². The van der Waals surface area contributed by atoms with E-state index < -0.39 is 0 Å². The van der Waals surface area contributed by atoms with Crippen LogP contribution in [0.4, 0.5) is 0 Å². The van der Waals surface area contributed by atoms with Crippen LogP contribution in [0.1, 0.15) is 12.5 Å². The molecule has 1 fully saturated rings. The molecule has 2 rings (SSSR count). The van der Waals surface area contributed by atoms with Crippen LogP contribution in [0.5, 0.6) is 5.75 Å². The first-order valence-corrected chi connectivity index (χ1v) is 6.37. The standard InChI is InChI=1S/C14H22N2O.ClH/c1-12-11-15-8-10-16(12)9-7-13-3-5-14(17-2)6-4-13;/h3-6,12,15H,7-11H2,1-2H3;1H/t12-;/m0./s1. The molecule has 0 saturated carbocycles. The average molecular weight is 271 g/mol.